The molecule has 0 aliphatic carbocycles. The largest absolute Gasteiger partial charge is 0.355 e. The van der Waals surface area contributed by atoms with E-state index in [9.17, 15) is 0 Å². The first-order valence-corrected chi connectivity index (χ1v) is 9.39. The molecule has 0 bridgehead atoms. The van der Waals surface area contributed by atoms with Gasteiger partial charge in [-0.25, -0.2) is 0 Å². The van der Waals surface area contributed by atoms with E-state index in [4.69, 9.17) is 9.47 Å². The van der Waals surface area contributed by atoms with Crippen molar-refractivity contribution in [2.24, 2.45) is 0 Å². The van der Waals surface area contributed by atoms with Crippen molar-refractivity contribution in [1.82, 2.24) is 0 Å². The first-order valence-electron chi connectivity index (χ1n) is 9.39. The molecule has 2 nitrogen and oxygen atoms in total. The normalized spacial score (nSPS) is 11.9. The highest BCUT2D eigenvalue weighted by molar-refractivity contribution is 5.02. The van der Waals surface area contributed by atoms with Gasteiger partial charge in [0.05, 0.1) is 0 Å². The van der Waals surface area contributed by atoms with Crippen molar-refractivity contribution in [3.05, 3.63) is 24.3 Å². The second-order valence-electron chi connectivity index (χ2n) is 5.84. The third-order valence-corrected chi connectivity index (χ3v) is 3.58. The van der Waals surface area contributed by atoms with E-state index in [0.29, 0.717) is 6.79 Å². The van der Waals surface area contributed by atoms with Crippen LogP contribution in [0.1, 0.15) is 84.5 Å². The molecule has 0 aromatic rings. The van der Waals surface area contributed by atoms with E-state index in [0.717, 1.165) is 26.1 Å². The van der Waals surface area contributed by atoms with Gasteiger partial charge in [0, 0.05) is 13.2 Å². The molecule has 0 saturated heterocycles. The Labute approximate surface area is 139 Å². The summed E-state index contributed by atoms with van der Waals surface area (Å²) in [5.74, 6) is 0. The number of rotatable bonds is 17. The summed E-state index contributed by atoms with van der Waals surface area (Å²) >= 11 is 0. The highest BCUT2D eigenvalue weighted by Crippen LogP contribution is 2.02. The molecule has 0 atom stereocenters. The van der Waals surface area contributed by atoms with E-state index in [1.54, 1.807) is 0 Å². The van der Waals surface area contributed by atoms with Crippen LogP contribution in [0.15, 0.2) is 24.3 Å². The zero-order chi connectivity index (χ0) is 16.1. The molecular formula is C20H38O2. The first kappa shape index (κ1) is 21.4. The van der Waals surface area contributed by atoms with E-state index in [-0.39, 0.29) is 0 Å². The van der Waals surface area contributed by atoms with Crippen molar-refractivity contribution >= 4 is 0 Å². The summed E-state index contributed by atoms with van der Waals surface area (Å²) < 4.78 is 10.9. The third kappa shape index (κ3) is 19.4. The highest BCUT2D eigenvalue weighted by atomic mass is 16.7. The Kier molecular flexibility index (Phi) is 19.8. The summed E-state index contributed by atoms with van der Waals surface area (Å²) in [4.78, 5) is 0. The fourth-order valence-electron chi connectivity index (χ4n) is 2.12. The van der Waals surface area contributed by atoms with Gasteiger partial charge in [0.15, 0.2) is 0 Å². The molecular weight excluding hydrogens is 272 g/mol. The molecule has 0 radical (unpaired) electrons. The minimum atomic E-state index is 0.462. The molecule has 0 aromatic heterocycles. The predicted octanol–water partition coefficient (Wildman–Crippen LogP) is 6.42. The first-order chi connectivity index (χ1) is 10.9. The van der Waals surface area contributed by atoms with Crippen LogP contribution in [-0.4, -0.2) is 20.0 Å². The van der Waals surface area contributed by atoms with Crippen LogP contribution in [0.3, 0.4) is 0 Å². The summed E-state index contributed by atoms with van der Waals surface area (Å²) in [5, 5.41) is 0. The van der Waals surface area contributed by atoms with E-state index in [2.05, 4.69) is 38.2 Å². The predicted molar refractivity (Wildman–Crippen MR) is 97.2 cm³/mol. The van der Waals surface area contributed by atoms with E-state index in [1.165, 1.54) is 57.8 Å². The van der Waals surface area contributed by atoms with Crippen molar-refractivity contribution in [3.8, 4) is 0 Å². The summed E-state index contributed by atoms with van der Waals surface area (Å²) in [6.07, 6.45) is 22.5. The van der Waals surface area contributed by atoms with Gasteiger partial charge in [-0.3, -0.25) is 0 Å². The molecule has 0 rings (SSSR count). The SMILES string of the molecule is CCCCC=CC=CCCCCOCOCCCCCCC. The molecule has 0 unspecified atom stereocenters. The third-order valence-electron chi connectivity index (χ3n) is 3.58. The Morgan fingerprint density at radius 2 is 1.14 bits per heavy atom. The number of ether oxygens (including phenoxy) is 2. The van der Waals surface area contributed by atoms with Crippen LogP contribution >= 0.6 is 0 Å². The molecule has 0 aliphatic heterocycles. The van der Waals surface area contributed by atoms with Gasteiger partial charge in [0.25, 0.3) is 0 Å². The molecule has 0 spiro atoms. The molecule has 0 N–H and O–H groups in total. The van der Waals surface area contributed by atoms with Gasteiger partial charge in [-0.1, -0.05) is 76.7 Å². The fraction of sp³-hybridized carbons (Fsp3) is 0.800. The van der Waals surface area contributed by atoms with Crippen LogP contribution in [0.2, 0.25) is 0 Å². The molecule has 0 saturated carbocycles. The fourth-order valence-corrected chi connectivity index (χ4v) is 2.12. The maximum atomic E-state index is 5.47. The number of hydrogen-bond acceptors (Lipinski definition) is 2. The van der Waals surface area contributed by atoms with Crippen LogP contribution in [0.5, 0.6) is 0 Å². The van der Waals surface area contributed by atoms with E-state index in [1.807, 2.05) is 0 Å². The van der Waals surface area contributed by atoms with Gasteiger partial charge in [0.2, 0.25) is 0 Å². The molecule has 0 aliphatic rings. The second-order valence-corrected chi connectivity index (χ2v) is 5.84. The number of allylic oxidation sites excluding steroid dienone is 4. The van der Waals surface area contributed by atoms with Gasteiger partial charge in [-0.05, 0) is 32.1 Å². The standard InChI is InChI=1S/C20H38O2/c1-3-5-7-9-10-11-12-13-15-17-19-22-20-21-18-16-14-8-6-4-2/h9-12H,3-8,13-20H2,1-2H3. The maximum Gasteiger partial charge on any atom is 0.146 e. The average molecular weight is 311 g/mol. The highest BCUT2D eigenvalue weighted by Gasteiger charge is 1.91. The summed E-state index contributed by atoms with van der Waals surface area (Å²) in [5.41, 5.74) is 0. The van der Waals surface area contributed by atoms with Crippen molar-refractivity contribution in [3.63, 3.8) is 0 Å². The second kappa shape index (κ2) is 20.4. The van der Waals surface area contributed by atoms with E-state index < -0.39 is 0 Å². The van der Waals surface area contributed by atoms with Crippen molar-refractivity contribution < 1.29 is 9.47 Å². The Morgan fingerprint density at radius 1 is 0.591 bits per heavy atom. The summed E-state index contributed by atoms with van der Waals surface area (Å²) in [6.45, 7) is 6.59. The number of hydrogen-bond donors (Lipinski definition) is 0. The van der Waals surface area contributed by atoms with Gasteiger partial charge in [0.1, 0.15) is 6.79 Å². The quantitative estimate of drug-likeness (QED) is 0.175. The van der Waals surface area contributed by atoms with Crippen LogP contribution in [0.25, 0.3) is 0 Å². The average Bonchev–Trinajstić information content (AvgIpc) is 2.54. The molecule has 0 amide bonds. The monoisotopic (exact) mass is 310 g/mol. The van der Waals surface area contributed by atoms with Crippen LogP contribution in [0, 0.1) is 0 Å². The lowest BCUT2D eigenvalue weighted by molar-refractivity contribution is -0.0554. The molecule has 0 fully saturated rings. The minimum Gasteiger partial charge on any atom is -0.355 e. The molecule has 22 heavy (non-hydrogen) atoms. The Morgan fingerprint density at radius 3 is 1.77 bits per heavy atom. The van der Waals surface area contributed by atoms with Gasteiger partial charge < -0.3 is 9.47 Å². The lowest BCUT2D eigenvalue weighted by atomic mass is 10.2. The van der Waals surface area contributed by atoms with Gasteiger partial charge in [-0.2, -0.15) is 0 Å². The lowest BCUT2D eigenvalue weighted by Crippen LogP contribution is -2.02. The van der Waals surface area contributed by atoms with Crippen molar-refractivity contribution in [2.75, 3.05) is 20.0 Å². The molecule has 2 heteroatoms. The molecule has 130 valence electrons. The van der Waals surface area contributed by atoms with Crippen molar-refractivity contribution in [2.45, 2.75) is 84.5 Å². The number of unbranched alkanes of at least 4 members (excludes halogenated alkanes) is 8. The summed E-state index contributed by atoms with van der Waals surface area (Å²) in [7, 11) is 0. The van der Waals surface area contributed by atoms with Crippen LogP contribution in [0.4, 0.5) is 0 Å². The van der Waals surface area contributed by atoms with Gasteiger partial charge >= 0.3 is 0 Å². The lowest BCUT2D eigenvalue weighted by Gasteiger charge is -2.05. The van der Waals surface area contributed by atoms with Crippen LogP contribution < -0.4 is 0 Å². The zero-order valence-electron chi connectivity index (χ0n) is 15.0. The Hall–Kier alpha value is -0.600. The smallest absolute Gasteiger partial charge is 0.146 e. The maximum absolute atomic E-state index is 5.47. The summed E-state index contributed by atoms with van der Waals surface area (Å²) in [6, 6.07) is 0. The van der Waals surface area contributed by atoms with Gasteiger partial charge in [-0.15, -0.1) is 0 Å². The minimum absolute atomic E-state index is 0.462. The topological polar surface area (TPSA) is 18.5 Å². The van der Waals surface area contributed by atoms with Crippen LogP contribution in [-0.2, 0) is 9.47 Å². The van der Waals surface area contributed by atoms with Crippen molar-refractivity contribution in [1.29, 1.82) is 0 Å². The Balaban J connectivity index is 3.08. The zero-order valence-corrected chi connectivity index (χ0v) is 15.0. The molecule has 0 heterocycles. The van der Waals surface area contributed by atoms with E-state index >= 15 is 0 Å². The Bertz CT molecular complexity index is 246. The molecule has 0 aromatic carbocycles.